The maximum atomic E-state index is 12.4. The number of nitrogens with one attached hydrogen (secondary N) is 1. The van der Waals surface area contributed by atoms with Gasteiger partial charge in [0.1, 0.15) is 5.82 Å². The molecule has 2 heterocycles. The summed E-state index contributed by atoms with van der Waals surface area (Å²) in [5.41, 5.74) is 1.22. The van der Waals surface area contributed by atoms with Gasteiger partial charge in [-0.25, -0.2) is 4.98 Å². The van der Waals surface area contributed by atoms with E-state index in [1.807, 2.05) is 18.2 Å². The predicted octanol–water partition coefficient (Wildman–Crippen LogP) is 3.51. The summed E-state index contributed by atoms with van der Waals surface area (Å²) in [5.74, 6) is 1.71. The fraction of sp³-hybridized carbons (Fsp3) is 0.550. The Bertz CT molecular complexity index is 701. The lowest BCUT2D eigenvalue weighted by molar-refractivity contribution is -0.125. The standard InChI is InChI=1S/C20H28N4OS/c1-15(2)10-11-21-19(25)17-9-6-12-24(14-17)20-22-18(23-26-20)13-16-7-4-3-5-8-16/h3-5,7-8,15,17H,6,9-14H2,1-2H3,(H,21,25)/t17-/m0/s1. The Balaban J connectivity index is 1.55. The van der Waals surface area contributed by atoms with E-state index in [1.54, 1.807) is 0 Å². The van der Waals surface area contributed by atoms with Crippen molar-refractivity contribution in [2.24, 2.45) is 11.8 Å². The zero-order chi connectivity index (χ0) is 18.4. The highest BCUT2D eigenvalue weighted by Gasteiger charge is 2.27. The second-order valence-electron chi connectivity index (χ2n) is 7.41. The molecule has 0 radical (unpaired) electrons. The quantitative estimate of drug-likeness (QED) is 0.808. The smallest absolute Gasteiger partial charge is 0.224 e. The highest BCUT2D eigenvalue weighted by molar-refractivity contribution is 7.09. The van der Waals surface area contributed by atoms with Gasteiger partial charge in [-0.15, -0.1) is 0 Å². The number of benzene rings is 1. The Labute approximate surface area is 160 Å². The van der Waals surface area contributed by atoms with Gasteiger partial charge in [0.2, 0.25) is 11.0 Å². The molecule has 6 heteroatoms. The van der Waals surface area contributed by atoms with Gasteiger partial charge in [0.05, 0.1) is 5.92 Å². The van der Waals surface area contributed by atoms with Gasteiger partial charge in [0.25, 0.3) is 0 Å². The van der Waals surface area contributed by atoms with Crippen LogP contribution in [0.2, 0.25) is 0 Å². The van der Waals surface area contributed by atoms with Crippen LogP contribution in [0, 0.1) is 11.8 Å². The molecule has 2 aromatic rings. The molecule has 1 aromatic carbocycles. The topological polar surface area (TPSA) is 58.1 Å². The Hall–Kier alpha value is -1.95. The first-order valence-corrected chi connectivity index (χ1v) is 10.3. The lowest BCUT2D eigenvalue weighted by Gasteiger charge is -2.31. The number of anilines is 1. The number of carbonyl (C=O) groups excluding carboxylic acids is 1. The van der Waals surface area contributed by atoms with E-state index in [4.69, 9.17) is 4.98 Å². The second-order valence-corrected chi connectivity index (χ2v) is 8.14. The molecule has 0 saturated carbocycles. The van der Waals surface area contributed by atoms with Crippen molar-refractivity contribution in [3.05, 3.63) is 41.7 Å². The van der Waals surface area contributed by atoms with Crippen LogP contribution in [0.1, 0.15) is 44.5 Å². The zero-order valence-electron chi connectivity index (χ0n) is 15.6. The lowest BCUT2D eigenvalue weighted by Crippen LogP contribution is -2.43. The van der Waals surface area contributed by atoms with Crippen molar-refractivity contribution in [1.82, 2.24) is 14.7 Å². The van der Waals surface area contributed by atoms with Crippen LogP contribution in [0.3, 0.4) is 0 Å². The summed E-state index contributed by atoms with van der Waals surface area (Å²) in [7, 11) is 0. The number of nitrogens with zero attached hydrogens (tertiary/aromatic N) is 3. The van der Waals surface area contributed by atoms with Crippen LogP contribution in [0.5, 0.6) is 0 Å². The summed E-state index contributed by atoms with van der Waals surface area (Å²) in [5, 5.41) is 4.04. The van der Waals surface area contributed by atoms with Crippen molar-refractivity contribution in [1.29, 1.82) is 0 Å². The fourth-order valence-corrected chi connectivity index (χ4v) is 3.94. The highest BCUT2D eigenvalue weighted by atomic mass is 32.1. The number of piperidine rings is 1. The minimum atomic E-state index is 0.0531. The molecular weight excluding hydrogens is 344 g/mol. The number of hydrogen-bond donors (Lipinski definition) is 1. The zero-order valence-corrected chi connectivity index (χ0v) is 16.5. The molecule has 0 aliphatic carbocycles. The Morgan fingerprint density at radius 1 is 1.35 bits per heavy atom. The summed E-state index contributed by atoms with van der Waals surface area (Å²) in [6.07, 6.45) is 3.77. The van der Waals surface area contributed by atoms with Crippen molar-refractivity contribution in [2.45, 2.75) is 39.5 Å². The maximum Gasteiger partial charge on any atom is 0.224 e. The van der Waals surface area contributed by atoms with Gasteiger partial charge < -0.3 is 10.2 Å². The molecule has 3 rings (SSSR count). The van der Waals surface area contributed by atoms with E-state index in [0.29, 0.717) is 5.92 Å². The molecule has 26 heavy (non-hydrogen) atoms. The molecule has 1 N–H and O–H groups in total. The van der Waals surface area contributed by atoms with Gasteiger partial charge in [-0.1, -0.05) is 44.2 Å². The fourth-order valence-electron chi connectivity index (χ4n) is 3.22. The first-order chi connectivity index (χ1) is 12.6. The molecule has 1 amide bonds. The van der Waals surface area contributed by atoms with E-state index >= 15 is 0 Å². The number of hydrogen-bond acceptors (Lipinski definition) is 5. The monoisotopic (exact) mass is 372 g/mol. The van der Waals surface area contributed by atoms with E-state index < -0.39 is 0 Å². The van der Waals surface area contributed by atoms with E-state index in [2.05, 4.69) is 40.6 Å². The first-order valence-electron chi connectivity index (χ1n) is 9.51. The molecule has 0 unspecified atom stereocenters. The molecule has 1 atom stereocenters. The SMILES string of the molecule is CC(C)CCNC(=O)[C@H]1CCCN(c2nc(Cc3ccccc3)ns2)C1. The van der Waals surface area contributed by atoms with Gasteiger partial charge in [0, 0.05) is 37.6 Å². The molecule has 140 valence electrons. The maximum absolute atomic E-state index is 12.4. The Morgan fingerprint density at radius 3 is 2.92 bits per heavy atom. The third-order valence-corrected chi connectivity index (χ3v) is 5.56. The average Bonchev–Trinajstić information content (AvgIpc) is 3.11. The van der Waals surface area contributed by atoms with Crippen molar-refractivity contribution in [3.8, 4) is 0 Å². The van der Waals surface area contributed by atoms with E-state index in [1.165, 1.54) is 17.1 Å². The summed E-state index contributed by atoms with van der Waals surface area (Å²) in [6, 6.07) is 10.3. The van der Waals surface area contributed by atoms with E-state index in [-0.39, 0.29) is 11.8 Å². The van der Waals surface area contributed by atoms with Crippen LogP contribution in [0.25, 0.3) is 0 Å². The van der Waals surface area contributed by atoms with Gasteiger partial charge >= 0.3 is 0 Å². The molecule has 0 bridgehead atoms. The second kappa shape index (κ2) is 9.12. The molecule has 1 aliphatic rings. The third-order valence-electron chi connectivity index (χ3n) is 4.75. The van der Waals surface area contributed by atoms with Crippen LogP contribution in [0.4, 0.5) is 5.13 Å². The molecule has 1 aromatic heterocycles. The van der Waals surface area contributed by atoms with Crippen molar-refractivity contribution in [3.63, 3.8) is 0 Å². The van der Waals surface area contributed by atoms with Gasteiger partial charge in [-0.05, 0) is 30.7 Å². The summed E-state index contributed by atoms with van der Waals surface area (Å²) in [6.45, 7) is 6.82. The minimum Gasteiger partial charge on any atom is -0.356 e. The summed E-state index contributed by atoms with van der Waals surface area (Å²) >= 11 is 1.44. The van der Waals surface area contributed by atoms with Crippen LogP contribution in [0.15, 0.2) is 30.3 Å². The largest absolute Gasteiger partial charge is 0.356 e. The van der Waals surface area contributed by atoms with Gasteiger partial charge in [-0.3, -0.25) is 4.79 Å². The summed E-state index contributed by atoms with van der Waals surface area (Å²) in [4.78, 5) is 19.4. The van der Waals surface area contributed by atoms with Crippen LogP contribution >= 0.6 is 11.5 Å². The molecule has 1 fully saturated rings. The van der Waals surface area contributed by atoms with Crippen LogP contribution < -0.4 is 10.2 Å². The number of carbonyl (C=O) groups is 1. The number of aromatic nitrogens is 2. The normalized spacial score (nSPS) is 17.5. The van der Waals surface area contributed by atoms with Crippen LogP contribution in [-0.2, 0) is 11.2 Å². The predicted molar refractivity (Wildman–Crippen MR) is 107 cm³/mol. The Kier molecular flexibility index (Phi) is 6.61. The summed E-state index contributed by atoms with van der Waals surface area (Å²) < 4.78 is 4.51. The molecular formula is C20H28N4OS. The highest BCUT2D eigenvalue weighted by Crippen LogP contribution is 2.25. The van der Waals surface area contributed by atoms with E-state index in [9.17, 15) is 4.79 Å². The van der Waals surface area contributed by atoms with Gasteiger partial charge in [-0.2, -0.15) is 4.37 Å². The molecule has 0 spiro atoms. The average molecular weight is 373 g/mol. The molecule has 1 saturated heterocycles. The molecule has 1 aliphatic heterocycles. The van der Waals surface area contributed by atoms with Crippen molar-refractivity contribution < 1.29 is 4.79 Å². The Morgan fingerprint density at radius 2 is 2.15 bits per heavy atom. The number of rotatable bonds is 7. The van der Waals surface area contributed by atoms with Crippen molar-refractivity contribution in [2.75, 3.05) is 24.5 Å². The van der Waals surface area contributed by atoms with Crippen molar-refractivity contribution >= 4 is 22.6 Å². The number of amides is 1. The molecule has 5 nitrogen and oxygen atoms in total. The van der Waals surface area contributed by atoms with E-state index in [0.717, 1.165) is 56.3 Å². The van der Waals surface area contributed by atoms with Gasteiger partial charge in [0.15, 0.2) is 0 Å². The lowest BCUT2D eigenvalue weighted by atomic mass is 9.97. The van der Waals surface area contributed by atoms with Crippen LogP contribution in [-0.4, -0.2) is 34.9 Å². The minimum absolute atomic E-state index is 0.0531. The third kappa shape index (κ3) is 5.27. The first kappa shape index (κ1) is 18.8.